The number of carboxylic acid groups (broad SMARTS) is 1. The summed E-state index contributed by atoms with van der Waals surface area (Å²) in [5.41, 5.74) is 5.92. The van der Waals surface area contributed by atoms with Gasteiger partial charge in [0.05, 0.1) is 0 Å². The Kier molecular flexibility index (Phi) is 4.82. The summed E-state index contributed by atoms with van der Waals surface area (Å²) in [4.78, 5) is 23.3. The molecule has 0 saturated heterocycles. The molecule has 0 aromatic heterocycles. The van der Waals surface area contributed by atoms with E-state index >= 15 is 0 Å². The number of rotatable bonds is 3. The summed E-state index contributed by atoms with van der Waals surface area (Å²) in [6.07, 6.45) is 5.07. The summed E-state index contributed by atoms with van der Waals surface area (Å²) >= 11 is 0. The van der Waals surface area contributed by atoms with Crippen LogP contribution in [0.2, 0.25) is 0 Å². The number of ketones is 1. The zero-order valence-corrected chi connectivity index (χ0v) is 15.4. The largest absolute Gasteiger partial charge is 0.507 e. The van der Waals surface area contributed by atoms with E-state index in [9.17, 15) is 19.8 Å². The minimum atomic E-state index is -1.19. The van der Waals surface area contributed by atoms with Gasteiger partial charge in [-0.2, -0.15) is 0 Å². The van der Waals surface area contributed by atoms with Crippen LogP contribution < -0.4 is 0 Å². The van der Waals surface area contributed by atoms with Gasteiger partial charge in [-0.25, -0.2) is 4.79 Å². The van der Waals surface area contributed by atoms with Crippen LogP contribution in [0.1, 0.15) is 39.5 Å². The van der Waals surface area contributed by atoms with E-state index in [1.165, 1.54) is 18.2 Å². The number of allylic oxidation sites excluding steroid dienone is 5. The lowest BCUT2D eigenvalue weighted by Gasteiger charge is -2.16. The molecule has 0 radical (unpaired) electrons. The zero-order valence-electron chi connectivity index (χ0n) is 15.4. The Bertz CT molecular complexity index is 1050. The monoisotopic (exact) mass is 360 g/mol. The Morgan fingerprint density at radius 3 is 2.19 bits per heavy atom. The van der Waals surface area contributed by atoms with E-state index in [2.05, 4.69) is 0 Å². The third-order valence-electron chi connectivity index (χ3n) is 4.77. The SMILES string of the molecule is CC1=CC(=C(c2ccc(C)c(C)c2)c2ccc(O)c(C(=O)O)c2)C=CC1=O. The van der Waals surface area contributed by atoms with E-state index in [0.717, 1.165) is 27.8 Å². The molecule has 0 fully saturated rings. The molecule has 2 N–H and O–H groups in total. The van der Waals surface area contributed by atoms with Gasteiger partial charge in [-0.05, 0) is 84.0 Å². The van der Waals surface area contributed by atoms with Gasteiger partial charge >= 0.3 is 5.97 Å². The number of carboxylic acids is 1. The van der Waals surface area contributed by atoms with Crippen molar-refractivity contribution >= 4 is 17.3 Å². The highest BCUT2D eigenvalue weighted by molar-refractivity contribution is 6.07. The van der Waals surface area contributed by atoms with Crippen molar-refractivity contribution < 1.29 is 19.8 Å². The van der Waals surface area contributed by atoms with Gasteiger partial charge in [-0.3, -0.25) is 4.79 Å². The van der Waals surface area contributed by atoms with Crippen LogP contribution in [-0.4, -0.2) is 22.0 Å². The molecule has 4 nitrogen and oxygen atoms in total. The lowest BCUT2D eigenvalue weighted by Crippen LogP contribution is -2.04. The molecule has 0 aliphatic heterocycles. The second-order valence-corrected chi connectivity index (χ2v) is 6.69. The highest BCUT2D eigenvalue weighted by atomic mass is 16.4. The first-order valence-corrected chi connectivity index (χ1v) is 8.57. The van der Waals surface area contributed by atoms with E-state index in [4.69, 9.17) is 0 Å². The molecule has 3 rings (SSSR count). The smallest absolute Gasteiger partial charge is 0.339 e. The van der Waals surface area contributed by atoms with Crippen molar-refractivity contribution in [1.29, 1.82) is 0 Å². The van der Waals surface area contributed by atoms with Gasteiger partial charge in [-0.15, -0.1) is 0 Å². The predicted molar refractivity (Wildman–Crippen MR) is 105 cm³/mol. The summed E-state index contributed by atoms with van der Waals surface area (Å²) in [7, 11) is 0. The van der Waals surface area contributed by atoms with Crippen molar-refractivity contribution in [3.05, 3.63) is 93.6 Å². The number of aromatic hydroxyl groups is 1. The van der Waals surface area contributed by atoms with Gasteiger partial charge in [-0.1, -0.05) is 30.3 Å². The topological polar surface area (TPSA) is 74.6 Å². The van der Waals surface area contributed by atoms with Gasteiger partial charge in [0, 0.05) is 0 Å². The summed E-state index contributed by atoms with van der Waals surface area (Å²) in [5.74, 6) is -1.52. The predicted octanol–water partition coefficient (Wildman–Crippen LogP) is 4.59. The quantitative estimate of drug-likeness (QED) is 0.839. The lowest BCUT2D eigenvalue weighted by atomic mass is 9.87. The summed E-state index contributed by atoms with van der Waals surface area (Å²) in [6, 6.07) is 10.6. The fourth-order valence-electron chi connectivity index (χ4n) is 3.06. The Morgan fingerprint density at radius 1 is 0.889 bits per heavy atom. The molecular formula is C23H20O4. The second-order valence-electron chi connectivity index (χ2n) is 6.69. The molecule has 0 spiro atoms. The molecular weight excluding hydrogens is 340 g/mol. The number of benzene rings is 2. The number of hydrogen-bond donors (Lipinski definition) is 2. The molecule has 2 aromatic carbocycles. The third kappa shape index (κ3) is 3.60. The maximum absolute atomic E-state index is 11.8. The molecule has 0 unspecified atom stereocenters. The summed E-state index contributed by atoms with van der Waals surface area (Å²) < 4.78 is 0. The van der Waals surface area contributed by atoms with Crippen LogP contribution in [0.15, 0.2) is 65.8 Å². The molecule has 0 bridgehead atoms. The second kappa shape index (κ2) is 7.08. The van der Waals surface area contributed by atoms with Crippen LogP contribution in [0.4, 0.5) is 0 Å². The first-order valence-electron chi connectivity index (χ1n) is 8.57. The number of aryl methyl sites for hydroxylation is 2. The summed E-state index contributed by atoms with van der Waals surface area (Å²) in [6.45, 7) is 5.80. The maximum Gasteiger partial charge on any atom is 0.339 e. The standard InChI is InChI=1S/C23H20O4/c1-13-4-5-16(10-14(13)2)22(17-6-8-20(24)15(3)11-17)18-7-9-21(25)19(12-18)23(26)27/h4-12,25H,1-3H3,(H,26,27). The van der Waals surface area contributed by atoms with Crippen molar-refractivity contribution in [1.82, 2.24) is 0 Å². The van der Waals surface area contributed by atoms with Gasteiger partial charge in [0.15, 0.2) is 5.78 Å². The molecule has 4 heteroatoms. The van der Waals surface area contributed by atoms with E-state index in [1.54, 1.807) is 25.1 Å². The summed E-state index contributed by atoms with van der Waals surface area (Å²) in [5, 5.41) is 19.2. The van der Waals surface area contributed by atoms with Gasteiger partial charge in [0.2, 0.25) is 0 Å². The number of phenols is 1. The molecule has 0 heterocycles. The van der Waals surface area contributed by atoms with Gasteiger partial charge in [0.1, 0.15) is 11.3 Å². The van der Waals surface area contributed by atoms with Crippen molar-refractivity contribution in [2.45, 2.75) is 20.8 Å². The van der Waals surface area contributed by atoms with Gasteiger partial charge in [0.25, 0.3) is 0 Å². The Balaban J connectivity index is 2.31. The molecule has 0 atom stereocenters. The van der Waals surface area contributed by atoms with Crippen LogP contribution >= 0.6 is 0 Å². The molecule has 0 saturated carbocycles. The maximum atomic E-state index is 11.8. The minimum Gasteiger partial charge on any atom is -0.507 e. The first kappa shape index (κ1) is 18.4. The van der Waals surface area contributed by atoms with Crippen molar-refractivity contribution in [2.75, 3.05) is 0 Å². The van der Waals surface area contributed by atoms with E-state index in [0.29, 0.717) is 11.1 Å². The van der Waals surface area contributed by atoms with E-state index < -0.39 is 5.97 Å². The van der Waals surface area contributed by atoms with E-state index in [1.807, 2.05) is 32.0 Å². The van der Waals surface area contributed by atoms with Crippen LogP contribution in [-0.2, 0) is 4.79 Å². The fraction of sp³-hybridized carbons (Fsp3) is 0.130. The number of carbonyl (C=O) groups is 2. The lowest BCUT2D eigenvalue weighted by molar-refractivity contribution is -0.111. The highest BCUT2D eigenvalue weighted by Crippen LogP contribution is 2.33. The van der Waals surface area contributed by atoms with Crippen molar-refractivity contribution in [2.24, 2.45) is 0 Å². The molecule has 0 amide bonds. The molecule has 1 aliphatic carbocycles. The first-order chi connectivity index (χ1) is 12.8. The number of carbonyl (C=O) groups excluding carboxylic acids is 1. The third-order valence-corrected chi connectivity index (χ3v) is 4.77. The average molecular weight is 360 g/mol. The molecule has 2 aromatic rings. The van der Waals surface area contributed by atoms with Crippen LogP contribution in [0.3, 0.4) is 0 Å². The van der Waals surface area contributed by atoms with Crippen molar-refractivity contribution in [3.8, 4) is 5.75 Å². The number of hydrogen-bond acceptors (Lipinski definition) is 3. The highest BCUT2D eigenvalue weighted by Gasteiger charge is 2.17. The van der Waals surface area contributed by atoms with Gasteiger partial charge < -0.3 is 10.2 Å². The Morgan fingerprint density at radius 2 is 1.56 bits per heavy atom. The Labute approximate surface area is 157 Å². The number of aromatic carboxylic acids is 1. The van der Waals surface area contributed by atoms with Crippen LogP contribution in [0.5, 0.6) is 5.75 Å². The van der Waals surface area contributed by atoms with E-state index in [-0.39, 0.29) is 17.1 Å². The Hall–Kier alpha value is -3.40. The molecule has 1 aliphatic rings. The molecule has 27 heavy (non-hydrogen) atoms. The zero-order chi connectivity index (χ0) is 19.7. The average Bonchev–Trinajstić information content (AvgIpc) is 2.62. The van der Waals surface area contributed by atoms with Crippen LogP contribution in [0.25, 0.3) is 5.57 Å². The van der Waals surface area contributed by atoms with Crippen LogP contribution in [0, 0.1) is 13.8 Å². The fourth-order valence-corrected chi connectivity index (χ4v) is 3.06. The molecule has 136 valence electrons. The van der Waals surface area contributed by atoms with Crippen molar-refractivity contribution in [3.63, 3.8) is 0 Å². The normalized spacial score (nSPS) is 15.5. The minimum absolute atomic E-state index is 0.0462.